The molecule has 2 N–H and O–H groups in total. The maximum atomic E-state index is 11.8. The van der Waals surface area contributed by atoms with Gasteiger partial charge in [-0.15, -0.1) is 11.8 Å². The van der Waals surface area contributed by atoms with Crippen molar-refractivity contribution < 1.29 is 14.6 Å². The number of hydrogen-bond acceptors (Lipinski definition) is 4. The van der Waals surface area contributed by atoms with Crippen molar-refractivity contribution in [2.45, 2.75) is 23.3 Å². The van der Waals surface area contributed by atoms with Crippen LogP contribution in [0.4, 0.5) is 0 Å². The summed E-state index contributed by atoms with van der Waals surface area (Å²) in [5, 5.41) is 13.6. The Morgan fingerprint density at radius 3 is 2.80 bits per heavy atom. The highest BCUT2D eigenvalue weighted by Crippen LogP contribution is 2.26. The first kappa shape index (κ1) is 15.6. The molecule has 0 atom stereocenters. The Hall–Kier alpha value is -0.750. The lowest BCUT2D eigenvalue weighted by molar-refractivity contribution is -0.121. The van der Waals surface area contributed by atoms with Gasteiger partial charge >= 0.3 is 0 Å². The topological polar surface area (TPSA) is 58.6 Å². The van der Waals surface area contributed by atoms with Gasteiger partial charge in [0, 0.05) is 37.5 Å². The average Bonchev–Trinajstić information content (AvgIpc) is 2.45. The second-order valence-corrected chi connectivity index (χ2v) is 6.26. The fourth-order valence-corrected chi connectivity index (χ4v) is 3.02. The maximum Gasteiger partial charge on any atom is 0.230 e. The number of benzene rings is 1. The number of carbonyl (C=O) groups excluding carboxylic acids is 1. The van der Waals surface area contributed by atoms with E-state index in [1.165, 1.54) is 11.8 Å². The lowest BCUT2D eigenvalue weighted by Gasteiger charge is -2.32. The molecule has 110 valence electrons. The van der Waals surface area contributed by atoms with Crippen LogP contribution in [0.1, 0.15) is 12.8 Å². The first-order valence-electron chi connectivity index (χ1n) is 6.53. The second kappa shape index (κ2) is 7.31. The molecular formula is C14H18ClNO3S. The molecule has 1 saturated heterocycles. The van der Waals surface area contributed by atoms with Crippen molar-refractivity contribution in [1.29, 1.82) is 0 Å². The Labute approximate surface area is 127 Å². The van der Waals surface area contributed by atoms with Crippen molar-refractivity contribution in [2.75, 3.05) is 25.5 Å². The van der Waals surface area contributed by atoms with Gasteiger partial charge in [0.1, 0.15) is 0 Å². The van der Waals surface area contributed by atoms with Gasteiger partial charge in [0.2, 0.25) is 5.91 Å². The number of halogens is 1. The van der Waals surface area contributed by atoms with E-state index in [0.717, 1.165) is 4.90 Å². The monoisotopic (exact) mass is 315 g/mol. The van der Waals surface area contributed by atoms with Crippen LogP contribution < -0.4 is 5.32 Å². The Morgan fingerprint density at radius 1 is 1.40 bits per heavy atom. The van der Waals surface area contributed by atoms with E-state index in [-0.39, 0.29) is 18.2 Å². The molecule has 0 bridgehead atoms. The third kappa shape index (κ3) is 4.66. The van der Waals surface area contributed by atoms with Gasteiger partial charge in [-0.25, -0.2) is 0 Å². The molecule has 1 aliphatic heterocycles. The van der Waals surface area contributed by atoms with E-state index in [1.54, 1.807) is 6.07 Å². The molecule has 1 aliphatic rings. The van der Waals surface area contributed by atoms with Gasteiger partial charge in [-0.3, -0.25) is 4.79 Å². The van der Waals surface area contributed by atoms with E-state index in [2.05, 4.69) is 5.32 Å². The normalized spacial score (nSPS) is 17.7. The molecule has 0 aromatic heterocycles. The minimum absolute atomic E-state index is 0.102. The number of aliphatic hydroxyl groups is 1. The zero-order valence-corrected chi connectivity index (χ0v) is 12.7. The van der Waals surface area contributed by atoms with Gasteiger partial charge < -0.3 is 15.2 Å². The minimum atomic E-state index is -0.830. The second-order valence-electron chi connectivity index (χ2n) is 4.83. The minimum Gasteiger partial charge on any atom is -0.388 e. The van der Waals surface area contributed by atoms with Crippen LogP contribution in [0, 0.1) is 0 Å². The molecule has 0 unspecified atom stereocenters. The van der Waals surface area contributed by atoms with Gasteiger partial charge in [-0.05, 0) is 12.1 Å². The third-order valence-electron chi connectivity index (χ3n) is 3.23. The fraction of sp³-hybridized carbons (Fsp3) is 0.500. The highest BCUT2D eigenvalue weighted by atomic mass is 35.5. The van der Waals surface area contributed by atoms with E-state index in [4.69, 9.17) is 16.3 Å². The average molecular weight is 316 g/mol. The van der Waals surface area contributed by atoms with Crippen molar-refractivity contribution in [3.8, 4) is 0 Å². The van der Waals surface area contributed by atoms with Crippen LogP contribution in [0.15, 0.2) is 29.2 Å². The third-order valence-corrected chi connectivity index (χ3v) is 4.75. The Kier molecular flexibility index (Phi) is 5.72. The summed E-state index contributed by atoms with van der Waals surface area (Å²) in [4.78, 5) is 12.7. The van der Waals surface area contributed by atoms with Crippen LogP contribution in [-0.2, 0) is 9.53 Å². The van der Waals surface area contributed by atoms with Crippen molar-refractivity contribution in [3.63, 3.8) is 0 Å². The lowest BCUT2D eigenvalue weighted by atomic mass is 9.94. The summed E-state index contributed by atoms with van der Waals surface area (Å²) in [6, 6.07) is 7.42. The first-order valence-corrected chi connectivity index (χ1v) is 7.90. The number of thioether (sulfide) groups is 1. The van der Waals surface area contributed by atoms with Crippen LogP contribution in [0.5, 0.6) is 0 Å². The Morgan fingerprint density at radius 2 is 2.10 bits per heavy atom. The summed E-state index contributed by atoms with van der Waals surface area (Å²) in [5.41, 5.74) is -0.830. The van der Waals surface area contributed by atoms with Gasteiger partial charge in [0.15, 0.2) is 0 Å². The summed E-state index contributed by atoms with van der Waals surface area (Å²) < 4.78 is 5.20. The first-order chi connectivity index (χ1) is 9.59. The van der Waals surface area contributed by atoms with Crippen LogP contribution in [-0.4, -0.2) is 42.1 Å². The van der Waals surface area contributed by atoms with Crippen LogP contribution in [0.2, 0.25) is 5.02 Å². The quantitative estimate of drug-likeness (QED) is 0.817. The molecule has 1 aromatic carbocycles. The van der Waals surface area contributed by atoms with E-state index in [9.17, 15) is 9.90 Å². The number of amides is 1. The van der Waals surface area contributed by atoms with E-state index in [0.29, 0.717) is 31.1 Å². The van der Waals surface area contributed by atoms with E-state index in [1.807, 2.05) is 18.2 Å². The number of rotatable bonds is 5. The summed E-state index contributed by atoms with van der Waals surface area (Å²) >= 11 is 7.41. The molecule has 2 rings (SSSR count). The van der Waals surface area contributed by atoms with Crippen LogP contribution in [0.25, 0.3) is 0 Å². The maximum absolute atomic E-state index is 11.8. The van der Waals surface area contributed by atoms with Crippen molar-refractivity contribution >= 4 is 29.3 Å². The predicted octanol–water partition coefficient (Wildman–Crippen LogP) is 2.09. The van der Waals surface area contributed by atoms with Crippen LogP contribution >= 0.6 is 23.4 Å². The van der Waals surface area contributed by atoms with E-state index >= 15 is 0 Å². The standard InChI is InChI=1S/C14H18ClNO3S/c15-11-3-1-2-4-12(11)20-9-13(17)16-10-14(18)5-7-19-8-6-14/h1-4,18H,5-10H2,(H,16,17). The van der Waals surface area contributed by atoms with Gasteiger partial charge in [0.05, 0.1) is 16.4 Å². The molecule has 0 saturated carbocycles. The predicted molar refractivity (Wildman–Crippen MR) is 80.2 cm³/mol. The van der Waals surface area contributed by atoms with Crippen LogP contribution in [0.3, 0.4) is 0 Å². The Bertz CT molecular complexity index is 463. The number of ether oxygens (including phenoxy) is 1. The summed E-state index contributed by atoms with van der Waals surface area (Å²) in [6.07, 6.45) is 1.12. The zero-order chi connectivity index (χ0) is 14.4. The number of carbonyl (C=O) groups is 1. The largest absolute Gasteiger partial charge is 0.388 e. The van der Waals surface area contributed by atoms with E-state index < -0.39 is 5.60 Å². The Balaban J connectivity index is 1.74. The molecule has 0 radical (unpaired) electrons. The zero-order valence-electron chi connectivity index (χ0n) is 11.1. The summed E-state index contributed by atoms with van der Waals surface area (Å²) in [5.74, 6) is 0.186. The molecular weight excluding hydrogens is 298 g/mol. The highest BCUT2D eigenvalue weighted by molar-refractivity contribution is 8.00. The van der Waals surface area contributed by atoms with Crippen molar-refractivity contribution in [3.05, 3.63) is 29.3 Å². The smallest absolute Gasteiger partial charge is 0.230 e. The number of nitrogens with one attached hydrogen (secondary N) is 1. The molecule has 6 heteroatoms. The molecule has 0 aliphatic carbocycles. The molecule has 1 heterocycles. The molecule has 1 amide bonds. The fourth-order valence-electron chi connectivity index (χ4n) is 1.95. The SMILES string of the molecule is O=C(CSc1ccccc1Cl)NCC1(O)CCOCC1. The van der Waals surface area contributed by atoms with Gasteiger partial charge in [-0.1, -0.05) is 23.7 Å². The molecule has 20 heavy (non-hydrogen) atoms. The summed E-state index contributed by atoms with van der Waals surface area (Å²) in [6.45, 7) is 1.36. The molecule has 1 aromatic rings. The summed E-state index contributed by atoms with van der Waals surface area (Å²) in [7, 11) is 0. The lowest BCUT2D eigenvalue weighted by Crippen LogP contribution is -2.47. The molecule has 0 spiro atoms. The van der Waals surface area contributed by atoms with Gasteiger partial charge in [-0.2, -0.15) is 0 Å². The van der Waals surface area contributed by atoms with Crippen molar-refractivity contribution in [1.82, 2.24) is 5.32 Å². The number of hydrogen-bond donors (Lipinski definition) is 2. The highest BCUT2D eigenvalue weighted by Gasteiger charge is 2.29. The van der Waals surface area contributed by atoms with Crippen molar-refractivity contribution in [2.24, 2.45) is 0 Å². The molecule has 1 fully saturated rings. The molecule has 4 nitrogen and oxygen atoms in total. The van der Waals surface area contributed by atoms with Gasteiger partial charge in [0.25, 0.3) is 0 Å².